The number of hydrogen-bond donors (Lipinski definition) is 0. The maximum Gasteiger partial charge on any atom is 0.0871 e. The van der Waals surface area contributed by atoms with E-state index in [0.29, 0.717) is 5.92 Å². The number of nitrogens with zero attached hydrogens (tertiary/aromatic N) is 4. The Bertz CT molecular complexity index is 1090. The van der Waals surface area contributed by atoms with Gasteiger partial charge in [0.2, 0.25) is 0 Å². The van der Waals surface area contributed by atoms with Crippen LogP contribution in [0.25, 0.3) is 10.8 Å². The second kappa shape index (κ2) is 8.80. The fourth-order valence-electron chi connectivity index (χ4n) is 4.58. The normalized spacial score (nSPS) is 15.6. The number of hydrogen-bond acceptors (Lipinski definition) is 3. The Kier molecular flexibility index (Phi) is 5.58. The summed E-state index contributed by atoms with van der Waals surface area (Å²) in [5.74, 6) is 0.684. The molecular formula is C26H28N4. The molecule has 3 aromatic carbocycles. The molecule has 1 aliphatic heterocycles. The molecule has 4 nitrogen and oxygen atoms in total. The van der Waals surface area contributed by atoms with Crippen LogP contribution >= 0.6 is 0 Å². The number of likely N-dealkylation sites (tertiary alicyclic amines) is 1. The van der Waals surface area contributed by atoms with E-state index in [0.717, 1.165) is 38.3 Å². The van der Waals surface area contributed by atoms with Gasteiger partial charge in [0, 0.05) is 25.7 Å². The summed E-state index contributed by atoms with van der Waals surface area (Å²) in [6.07, 6.45) is 5.42. The van der Waals surface area contributed by atoms with Crippen molar-refractivity contribution in [1.29, 1.82) is 0 Å². The maximum atomic E-state index is 4.46. The lowest BCUT2D eigenvalue weighted by Gasteiger charge is -2.31. The topological polar surface area (TPSA) is 34.0 Å². The second-order valence-corrected chi connectivity index (χ2v) is 8.45. The van der Waals surface area contributed by atoms with Crippen LogP contribution in [0, 0.1) is 5.92 Å². The summed E-state index contributed by atoms with van der Waals surface area (Å²) in [4.78, 5) is 2.57. The maximum absolute atomic E-state index is 4.46. The smallest absolute Gasteiger partial charge is 0.0871 e. The molecule has 1 fully saturated rings. The minimum Gasteiger partial charge on any atom is -0.299 e. The van der Waals surface area contributed by atoms with Gasteiger partial charge in [0.05, 0.1) is 5.69 Å². The van der Waals surface area contributed by atoms with Gasteiger partial charge in [-0.1, -0.05) is 78.0 Å². The summed E-state index contributed by atoms with van der Waals surface area (Å²) in [7, 11) is 0. The summed E-state index contributed by atoms with van der Waals surface area (Å²) in [6.45, 7) is 4.36. The van der Waals surface area contributed by atoms with E-state index >= 15 is 0 Å². The summed E-state index contributed by atoms with van der Waals surface area (Å²) < 4.78 is 2.05. The first-order valence-corrected chi connectivity index (χ1v) is 11.0. The second-order valence-electron chi connectivity index (χ2n) is 8.45. The zero-order valence-electron chi connectivity index (χ0n) is 17.3. The Labute approximate surface area is 178 Å². The van der Waals surface area contributed by atoms with Crippen molar-refractivity contribution < 1.29 is 0 Å². The van der Waals surface area contributed by atoms with Crippen molar-refractivity contribution in [2.24, 2.45) is 5.92 Å². The molecule has 0 bridgehead atoms. The van der Waals surface area contributed by atoms with Gasteiger partial charge < -0.3 is 0 Å². The van der Waals surface area contributed by atoms with E-state index in [1.807, 2.05) is 0 Å². The first-order valence-electron chi connectivity index (χ1n) is 11.0. The molecule has 4 aromatic rings. The van der Waals surface area contributed by atoms with Crippen molar-refractivity contribution in [3.63, 3.8) is 0 Å². The van der Waals surface area contributed by atoms with Gasteiger partial charge in [0.25, 0.3) is 0 Å². The molecule has 1 saturated heterocycles. The van der Waals surface area contributed by atoms with Crippen LogP contribution in [0.4, 0.5) is 0 Å². The zero-order chi connectivity index (χ0) is 20.2. The Hall–Kier alpha value is -2.98. The quantitative estimate of drug-likeness (QED) is 0.463. The lowest BCUT2D eigenvalue weighted by atomic mass is 9.96. The number of fused-ring (bicyclic) bond motifs is 1. The van der Waals surface area contributed by atoms with Crippen molar-refractivity contribution in [2.75, 3.05) is 13.1 Å². The van der Waals surface area contributed by atoms with Crippen LogP contribution in [0.3, 0.4) is 0 Å². The van der Waals surface area contributed by atoms with E-state index in [9.17, 15) is 0 Å². The van der Waals surface area contributed by atoms with Crippen LogP contribution in [-0.4, -0.2) is 33.0 Å². The summed E-state index contributed by atoms with van der Waals surface area (Å²) in [5, 5.41) is 11.5. The van der Waals surface area contributed by atoms with Crippen molar-refractivity contribution in [3.05, 3.63) is 95.8 Å². The van der Waals surface area contributed by atoms with Crippen LogP contribution < -0.4 is 0 Å². The van der Waals surface area contributed by atoms with E-state index in [1.54, 1.807) is 0 Å². The molecule has 0 saturated carbocycles. The van der Waals surface area contributed by atoms with Gasteiger partial charge in [-0.15, -0.1) is 5.10 Å². The standard InChI is InChI=1S/C26H28N4/c1-2-7-21(8-3-1)18-29-15-13-22(14-16-29)19-30-20-25(27-28-30)17-24-11-6-10-23-9-4-5-12-26(23)24/h1-12,20,22H,13-19H2. The van der Waals surface area contributed by atoms with Gasteiger partial charge in [-0.3, -0.25) is 9.58 Å². The molecule has 4 heteroatoms. The highest BCUT2D eigenvalue weighted by Crippen LogP contribution is 2.22. The summed E-state index contributed by atoms with van der Waals surface area (Å²) in [6, 6.07) is 25.8. The molecule has 5 rings (SSSR count). The molecule has 0 radical (unpaired) electrons. The van der Waals surface area contributed by atoms with Crippen LogP contribution in [0.15, 0.2) is 79.0 Å². The van der Waals surface area contributed by atoms with E-state index in [2.05, 4.69) is 98.9 Å². The van der Waals surface area contributed by atoms with Crippen molar-refractivity contribution >= 4 is 10.8 Å². The molecule has 1 aliphatic rings. The predicted octanol–water partition coefficient (Wildman–Crippen LogP) is 4.93. The number of rotatable bonds is 6. The van der Waals surface area contributed by atoms with Crippen molar-refractivity contribution in [2.45, 2.75) is 32.4 Å². The van der Waals surface area contributed by atoms with Crippen LogP contribution in [0.5, 0.6) is 0 Å². The van der Waals surface area contributed by atoms with Gasteiger partial charge in [-0.25, -0.2) is 0 Å². The third-order valence-corrected chi connectivity index (χ3v) is 6.24. The third-order valence-electron chi connectivity index (χ3n) is 6.24. The number of piperidine rings is 1. The summed E-state index contributed by atoms with van der Waals surface area (Å²) >= 11 is 0. The Balaban J connectivity index is 1.17. The Morgan fingerprint density at radius 1 is 0.833 bits per heavy atom. The van der Waals surface area contributed by atoms with E-state index in [1.165, 1.54) is 34.7 Å². The van der Waals surface area contributed by atoms with Crippen LogP contribution in [0.2, 0.25) is 0 Å². The molecule has 30 heavy (non-hydrogen) atoms. The molecule has 0 unspecified atom stereocenters. The van der Waals surface area contributed by atoms with E-state index < -0.39 is 0 Å². The fraction of sp³-hybridized carbons (Fsp3) is 0.308. The number of aromatic nitrogens is 3. The molecule has 0 spiro atoms. The predicted molar refractivity (Wildman–Crippen MR) is 121 cm³/mol. The zero-order valence-corrected chi connectivity index (χ0v) is 17.3. The highest BCUT2D eigenvalue weighted by atomic mass is 15.4. The van der Waals surface area contributed by atoms with Gasteiger partial charge in [0.15, 0.2) is 0 Å². The van der Waals surface area contributed by atoms with Crippen molar-refractivity contribution in [3.8, 4) is 0 Å². The van der Waals surface area contributed by atoms with Crippen LogP contribution in [-0.2, 0) is 19.5 Å². The van der Waals surface area contributed by atoms with Crippen molar-refractivity contribution in [1.82, 2.24) is 19.9 Å². The average Bonchev–Trinajstić information content (AvgIpc) is 3.23. The van der Waals surface area contributed by atoms with Gasteiger partial charge >= 0.3 is 0 Å². The molecular weight excluding hydrogens is 368 g/mol. The fourth-order valence-corrected chi connectivity index (χ4v) is 4.58. The van der Waals surface area contributed by atoms with Crippen LogP contribution in [0.1, 0.15) is 29.7 Å². The Morgan fingerprint density at radius 3 is 2.47 bits per heavy atom. The Morgan fingerprint density at radius 2 is 1.60 bits per heavy atom. The third kappa shape index (κ3) is 4.44. The molecule has 0 atom stereocenters. The number of benzene rings is 3. The highest BCUT2D eigenvalue weighted by molar-refractivity contribution is 5.85. The van der Waals surface area contributed by atoms with Gasteiger partial charge in [0.1, 0.15) is 0 Å². The summed E-state index contributed by atoms with van der Waals surface area (Å²) in [5.41, 5.74) is 3.77. The van der Waals surface area contributed by atoms with E-state index in [-0.39, 0.29) is 0 Å². The highest BCUT2D eigenvalue weighted by Gasteiger charge is 2.20. The molecule has 0 amide bonds. The largest absolute Gasteiger partial charge is 0.299 e. The first kappa shape index (κ1) is 19.0. The minimum absolute atomic E-state index is 0.684. The lowest BCUT2D eigenvalue weighted by molar-refractivity contribution is 0.164. The average molecular weight is 397 g/mol. The SMILES string of the molecule is c1ccc(CN2CCC(Cn3cc(Cc4cccc5ccccc45)nn3)CC2)cc1. The molecule has 1 aromatic heterocycles. The monoisotopic (exact) mass is 396 g/mol. The molecule has 152 valence electrons. The molecule has 0 aliphatic carbocycles. The molecule has 2 heterocycles. The van der Waals surface area contributed by atoms with Gasteiger partial charge in [-0.05, 0) is 53.7 Å². The first-order chi connectivity index (χ1) is 14.8. The molecule has 0 N–H and O–H groups in total. The lowest BCUT2D eigenvalue weighted by Crippen LogP contribution is -2.34. The van der Waals surface area contributed by atoms with E-state index in [4.69, 9.17) is 0 Å². The van der Waals surface area contributed by atoms with Gasteiger partial charge in [-0.2, -0.15) is 0 Å². The minimum atomic E-state index is 0.684.